The number of aromatic nitrogens is 3. The number of hydrogen-bond acceptors (Lipinski definition) is 5. The van der Waals surface area contributed by atoms with Gasteiger partial charge in [0, 0.05) is 11.1 Å². The lowest BCUT2D eigenvalue weighted by atomic mass is 10.0. The molecule has 0 spiro atoms. The smallest absolute Gasteiger partial charge is 0.338 e. The number of H-pyrrole nitrogens is 1. The second kappa shape index (κ2) is 6.92. The van der Waals surface area contributed by atoms with Gasteiger partial charge in [0.2, 0.25) is 0 Å². The van der Waals surface area contributed by atoms with Crippen LogP contribution in [0.2, 0.25) is 0 Å². The van der Waals surface area contributed by atoms with E-state index in [9.17, 15) is 4.79 Å². The van der Waals surface area contributed by atoms with Crippen LogP contribution in [0, 0.1) is 6.92 Å². The number of methoxy groups -OCH3 is 1. The van der Waals surface area contributed by atoms with E-state index in [2.05, 4.69) is 15.1 Å². The van der Waals surface area contributed by atoms with E-state index in [0.29, 0.717) is 22.7 Å². The van der Waals surface area contributed by atoms with Crippen LogP contribution in [0.5, 0.6) is 0 Å². The van der Waals surface area contributed by atoms with Crippen LogP contribution in [-0.2, 0) is 4.74 Å². The third kappa shape index (κ3) is 3.01. The van der Waals surface area contributed by atoms with Gasteiger partial charge in [-0.15, -0.1) is 0 Å². The summed E-state index contributed by atoms with van der Waals surface area (Å²) >= 11 is 0. The number of nitrogens with one attached hydrogen (secondary N) is 1. The summed E-state index contributed by atoms with van der Waals surface area (Å²) in [5, 5.41) is 4.21. The van der Waals surface area contributed by atoms with Crippen molar-refractivity contribution in [1.29, 1.82) is 0 Å². The molecule has 4 rings (SSSR count). The molecule has 2 aromatic carbocycles. The standard InChI is InChI=1S/C21H17N3O3/c1-13-18(19(24-27-13)14-8-4-3-5-9-14)17-12-22-20(23-17)15-10-6-7-11-16(15)21(25)26-2/h3-12H,1-2H3,(H,22,23). The summed E-state index contributed by atoms with van der Waals surface area (Å²) in [6, 6.07) is 17.0. The van der Waals surface area contributed by atoms with Crippen LogP contribution in [0.4, 0.5) is 0 Å². The van der Waals surface area contributed by atoms with Crippen molar-refractivity contribution in [2.75, 3.05) is 7.11 Å². The van der Waals surface area contributed by atoms with Crippen molar-refractivity contribution >= 4 is 5.97 Å². The van der Waals surface area contributed by atoms with E-state index in [1.807, 2.05) is 49.4 Å². The summed E-state index contributed by atoms with van der Waals surface area (Å²) in [5.74, 6) is 0.852. The maximum Gasteiger partial charge on any atom is 0.338 e. The van der Waals surface area contributed by atoms with Crippen LogP contribution >= 0.6 is 0 Å². The zero-order valence-electron chi connectivity index (χ0n) is 14.9. The Morgan fingerprint density at radius 3 is 2.59 bits per heavy atom. The van der Waals surface area contributed by atoms with Crippen molar-refractivity contribution in [2.45, 2.75) is 6.92 Å². The van der Waals surface area contributed by atoms with Crippen molar-refractivity contribution < 1.29 is 14.1 Å². The first-order valence-corrected chi connectivity index (χ1v) is 8.44. The highest BCUT2D eigenvalue weighted by Crippen LogP contribution is 2.34. The molecule has 6 nitrogen and oxygen atoms in total. The van der Waals surface area contributed by atoms with Crippen molar-refractivity contribution in [3.05, 3.63) is 72.1 Å². The van der Waals surface area contributed by atoms with Crippen LogP contribution in [-0.4, -0.2) is 28.2 Å². The molecule has 6 heteroatoms. The molecule has 0 amide bonds. The van der Waals surface area contributed by atoms with Crippen molar-refractivity contribution in [1.82, 2.24) is 15.1 Å². The Labute approximate surface area is 155 Å². The van der Waals surface area contributed by atoms with Crippen molar-refractivity contribution in [3.63, 3.8) is 0 Å². The summed E-state index contributed by atoms with van der Waals surface area (Å²) in [6.07, 6.45) is 1.72. The fourth-order valence-corrected chi connectivity index (χ4v) is 3.05. The Hall–Kier alpha value is -3.67. The molecule has 0 saturated heterocycles. The Morgan fingerprint density at radius 2 is 1.81 bits per heavy atom. The van der Waals surface area contributed by atoms with E-state index in [4.69, 9.17) is 9.26 Å². The predicted octanol–water partition coefficient (Wildman–Crippen LogP) is 4.49. The number of benzene rings is 2. The van der Waals surface area contributed by atoms with E-state index < -0.39 is 5.97 Å². The molecule has 4 aromatic rings. The number of nitrogens with zero attached hydrogens (tertiary/aromatic N) is 2. The normalized spacial score (nSPS) is 10.7. The van der Waals surface area contributed by atoms with Gasteiger partial charge in [-0.2, -0.15) is 0 Å². The predicted molar refractivity (Wildman–Crippen MR) is 101 cm³/mol. The van der Waals surface area contributed by atoms with Crippen molar-refractivity contribution in [3.8, 4) is 33.9 Å². The minimum Gasteiger partial charge on any atom is -0.465 e. The molecule has 0 aliphatic carbocycles. The van der Waals surface area contributed by atoms with Gasteiger partial charge in [0.05, 0.1) is 30.1 Å². The van der Waals surface area contributed by atoms with Gasteiger partial charge in [-0.3, -0.25) is 0 Å². The van der Waals surface area contributed by atoms with Crippen LogP contribution in [0.25, 0.3) is 33.9 Å². The molecule has 2 heterocycles. The van der Waals surface area contributed by atoms with Crippen molar-refractivity contribution in [2.24, 2.45) is 0 Å². The molecule has 0 aliphatic heterocycles. The van der Waals surface area contributed by atoms with Gasteiger partial charge in [0.1, 0.15) is 17.3 Å². The first-order chi connectivity index (χ1) is 13.2. The Balaban J connectivity index is 1.80. The number of hydrogen-bond donors (Lipinski definition) is 1. The first kappa shape index (κ1) is 16.8. The highest BCUT2D eigenvalue weighted by molar-refractivity contribution is 5.96. The maximum absolute atomic E-state index is 12.0. The first-order valence-electron chi connectivity index (χ1n) is 8.44. The number of carbonyl (C=O) groups excluding carboxylic acids is 1. The van der Waals surface area contributed by atoms with Crippen LogP contribution in [0.3, 0.4) is 0 Å². The monoisotopic (exact) mass is 359 g/mol. The molecule has 0 saturated carbocycles. The highest BCUT2D eigenvalue weighted by atomic mass is 16.5. The summed E-state index contributed by atoms with van der Waals surface area (Å²) in [5.41, 5.74) is 4.43. The number of aromatic amines is 1. The summed E-state index contributed by atoms with van der Waals surface area (Å²) in [7, 11) is 1.36. The molecule has 2 aromatic heterocycles. The minimum absolute atomic E-state index is 0.408. The molecule has 0 atom stereocenters. The second-order valence-electron chi connectivity index (χ2n) is 6.01. The van der Waals surface area contributed by atoms with Gasteiger partial charge < -0.3 is 14.2 Å². The quantitative estimate of drug-likeness (QED) is 0.543. The van der Waals surface area contributed by atoms with Gasteiger partial charge in [0.15, 0.2) is 0 Å². The molecule has 134 valence electrons. The fourth-order valence-electron chi connectivity index (χ4n) is 3.05. The third-order valence-corrected chi connectivity index (χ3v) is 4.34. The SMILES string of the molecule is COC(=O)c1ccccc1-c1ncc(-c2c(-c3ccccc3)noc2C)[nH]1. The minimum atomic E-state index is -0.408. The highest BCUT2D eigenvalue weighted by Gasteiger charge is 2.20. The van der Waals surface area contributed by atoms with Crippen LogP contribution in [0.15, 0.2) is 65.3 Å². The largest absolute Gasteiger partial charge is 0.465 e. The number of imidazole rings is 1. The Bertz CT molecular complexity index is 1100. The summed E-state index contributed by atoms with van der Waals surface area (Å²) in [6.45, 7) is 1.86. The van der Waals surface area contributed by atoms with Gasteiger partial charge in [-0.25, -0.2) is 9.78 Å². The summed E-state index contributed by atoms with van der Waals surface area (Å²) < 4.78 is 10.3. The van der Waals surface area contributed by atoms with E-state index in [1.54, 1.807) is 18.3 Å². The van der Waals surface area contributed by atoms with Crippen LogP contribution < -0.4 is 0 Å². The molecular weight excluding hydrogens is 342 g/mol. The topological polar surface area (TPSA) is 81.0 Å². The molecule has 27 heavy (non-hydrogen) atoms. The van der Waals surface area contributed by atoms with Gasteiger partial charge in [0.25, 0.3) is 0 Å². The van der Waals surface area contributed by atoms with E-state index in [0.717, 1.165) is 22.5 Å². The summed E-state index contributed by atoms with van der Waals surface area (Å²) in [4.78, 5) is 19.8. The average molecular weight is 359 g/mol. The lowest BCUT2D eigenvalue weighted by molar-refractivity contribution is 0.0601. The molecule has 0 unspecified atom stereocenters. The number of esters is 1. The Morgan fingerprint density at radius 1 is 1.07 bits per heavy atom. The number of rotatable bonds is 4. The van der Waals surface area contributed by atoms with Gasteiger partial charge >= 0.3 is 5.97 Å². The second-order valence-corrected chi connectivity index (χ2v) is 6.01. The molecule has 0 radical (unpaired) electrons. The zero-order valence-corrected chi connectivity index (χ0v) is 14.9. The van der Waals surface area contributed by atoms with Crippen LogP contribution in [0.1, 0.15) is 16.1 Å². The zero-order chi connectivity index (χ0) is 18.8. The number of ether oxygens (including phenoxy) is 1. The molecule has 0 aliphatic rings. The Kier molecular flexibility index (Phi) is 4.30. The van der Waals surface area contributed by atoms with E-state index in [1.165, 1.54) is 7.11 Å². The molecule has 1 N–H and O–H groups in total. The average Bonchev–Trinajstić information content (AvgIpc) is 3.34. The van der Waals surface area contributed by atoms with E-state index >= 15 is 0 Å². The third-order valence-electron chi connectivity index (χ3n) is 4.34. The molecular formula is C21H17N3O3. The van der Waals surface area contributed by atoms with Gasteiger partial charge in [-0.1, -0.05) is 53.7 Å². The molecule has 0 fully saturated rings. The van der Waals surface area contributed by atoms with Gasteiger partial charge in [-0.05, 0) is 13.0 Å². The lowest BCUT2D eigenvalue weighted by Gasteiger charge is -2.05. The lowest BCUT2D eigenvalue weighted by Crippen LogP contribution is -2.03. The number of carbonyl (C=O) groups is 1. The number of aryl methyl sites for hydroxylation is 1. The van der Waals surface area contributed by atoms with E-state index in [-0.39, 0.29) is 0 Å². The maximum atomic E-state index is 12.0. The fraction of sp³-hybridized carbons (Fsp3) is 0.0952. The molecule has 0 bridgehead atoms.